The number of fused-ring (bicyclic) bond motifs is 1. The van der Waals surface area contributed by atoms with Crippen molar-refractivity contribution in [2.24, 2.45) is 10.2 Å². The van der Waals surface area contributed by atoms with Crippen LogP contribution in [0.15, 0.2) is 21.5 Å². The quantitative estimate of drug-likeness (QED) is 0.624. The largest absolute Gasteiger partial charge is 0.870 e. The van der Waals surface area contributed by atoms with Gasteiger partial charge in [0, 0.05) is 0 Å². The molecule has 7 heteroatoms. The van der Waals surface area contributed by atoms with Crippen molar-refractivity contribution in [3.8, 4) is 0 Å². The summed E-state index contributed by atoms with van der Waals surface area (Å²) in [6.07, 6.45) is 1.60. The lowest BCUT2D eigenvalue weighted by molar-refractivity contribution is -0.841. The Kier molecular flexibility index (Phi) is 3.84. The number of carbonyl (C=O) groups excluding carboxylic acids is 1. The molecule has 0 aromatic heterocycles. The van der Waals surface area contributed by atoms with E-state index in [2.05, 4.69) is 10.2 Å². The highest BCUT2D eigenvalue weighted by Crippen LogP contribution is 2.16. The maximum absolute atomic E-state index is 12.4. The van der Waals surface area contributed by atoms with Gasteiger partial charge in [-0.1, -0.05) is 12.0 Å². The number of allylic oxidation sites excluding steroid dienone is 1. The van der Waals surface area contributed by atoms with E-state index < -0.39 is 12.1 Å². The first kappa shape index (κ1) is 13.5. The first-order valence-electron chi connectivity index (χ1n) is 6.37. The molecule has 104 valence electrons. The van der Waals surface area contributed by atoms with Gasteiger partial charge in [-0.05, 0) is 31.6 Å². The summed E-state index contributed by atoms with van der Waals surface area (Å²) < 4.78 is 4.88. The van der Waals surface area contributed by atoms with Gasteiger partial charge in [0.2, 0.25) is 12.5 Å². The summed E-state index contributed by atoms with van der Waals surface area (Å²) in [5.41, 5.74) is 1.44. The molecule has 7 nitrogen and oxygen atoms in total. The van der Waals surface area contributed by atoms with E-state index in [0.717, 1.165) is 5.71 Å². The molecular formula is C12H18N4O3. The van der Waals surface area contributed by atoms with Gasteiger partial charge >= 0.3 is 5.97 Å². The monoisotopic (exact) mass is 266 g/mol. The van der Waals surface area contributed by atoms with Crippen LogP contribution in [0.4, 0.5) is 0 Å². The fourth-order valence-electron chi connectivity index (χ4n) is 2.29. The molecule has 2 aliphatic rings. The molecule has 0 bridgehead atoms. The number of carbonyl (C=O) groups is 1. The minimum atomic E-state index is -0.567. The molecule has 0 aromatic carbocycles. The van der Waals surface area contributed by atoms with Crippen molar-refractivity contribution in [3.63, 3.8) is 0 Å². The predicted molar refractivity (Wildman–Crippen MR) is 67.0 cm³/mol. The Balaban J connectivity index is 2.18. The molecule has 0 saturated carbocycles. The van der Waals surface area contributed by atoms with Gasteiger partial charge in [-0.3, -0.25) is 4.79 Å². The van der Waals surface area contributed by atoms with Gasteiger partial charge < -0.3 is 9.84 Å². The van der Waals surface area contributed by atoms with Gasteiger partial charge in [-0.15, -0.1) is 10.1 Å². The number of hydrogen-bond donors (Lipinski definition) is 1. The van der Waals surface area contributed by atoms with E-state index in [1.54, 1.807) is 6.92 Å². The summed E-state index contributed by atoms with van der Waals surface area (Å²) in [6.45, 7) is 5.76. The van der Waals surface area contributed by atoms with Crippen LogP contribution in [0.5, 0.6) is 0 Å². The van der Waals surface area contributed by atoms with Crippen LogP contribution in [-0.2, 0) is 9.53 Å². The van der Waals surface area contributed by atoms with Crippen molar-refractivity contribution < 1.29 is 19.6 Å². The van der Waals surface area contributed by atoms with Crippen LogP contribution >= 0.6 is 0 Å². The lowest BCUT2D eigenvalue weighted by atomic mass is 10.0. The predicted octanol–water partition coefficient (Wildman–Crippen LogP) is -1.57. The van der Waals surface area contributed by atoms with E-state index in [9.17, 15) is 9.90 Å². The fraction of sp³-hybridized carbons (Fsp3) is 0.583. The van der Waals surface area contributed by atoms with Crippen molar-refractivity contribution >= 4 is 18.0 Å². The Morgan fingerprint density at radius 3 is 2.95 bits per heavy atom. The van der Waals surface area contributed by atoms with Crippen LogP contribution in [0.25, 0.3) is 0 Å². The molecule has 2 heterocycles. The van der Waals surface area contributed by atoms with Gasteiger partial charge in [0.1, 0.15) is 6.54 Å². The molecule has 0 spiro atoms. The molecule has 0 radical (unpaired) electrons. The lowest BCUT2D eigenvalue weighted by Gasteiger charge is -2.33. The standard InChI is InChI=1S/C12H18N4O3/c1-4-9-8(3)14-16-7-13-15(12(16)11(9)18)6-10(17)19-5-2/h7,12,18H,4-6H2,1-3H3. The maximum atomic E-state index is 12.4. The van der Waals surface area contributed by atoms with Gasteiger partial charge in [0.15, 0.2) is 0 Å². The first-order chi connectivity index (χ1) is 9.08. The minimum absolute atomic E-state index is 0.0215. The van der Waals surface area contributed by atoms with Crippen molar-refractivity contribution in [1.82, 2.24) is 5.01 Å². The molecule has 2 rings (SSSR count). The van der Waals surface area contributed by atoms with E-state index >= 15 is 0 Å². The Bertz CT molecular complexity index is 470. The van der Waals surface area contributed by atoms with Gasteiger partial charge in [0.05, 0.1) is 12.3 Å². The summed E-state index contributed by atoms with van der Waals surface area (Å²) >= 11 is 0. The first-order valence-corrected chi connectivity index (χ1v) is 6.37. The molecule has 1 N–H and O–H groups in total. The number of rotatable bonds is 4. The number of hydrogen-bond acceptors (Lipinski definition) is 6. The molecular weight excluding hydrogens is 248 g/mol. The molecule has 0 aromatic rings. The smallest absolute Gasteiger partial charge is 0.327 e. The number of ether oxygens (including phenoxy) is 1. The van der Waals surface area contributed by atoms with Crippen molar-refractivity contribution in [2.45, 2.75) is 33.4 Å². The number of nitrogens with one attached hydrogen (secondary N) is 1. The number of nitrogens with zero attached hydrogens (tertiary/aromatic N) is 3. The second-order valence-corrected chi connectivity index (χ2v) is 4.37. The average Bonchev–Trinajstić information content (AvgIpc) is 2.73. The highest BCUT2D eigenvalue weighted by Gasteiger charge is 2.38. The van der Waals surface area contributed by atoms with Crippen LogP contribution in [0.2, 0.25) is 0 Å². The third-order valence-electron chi connectivity index (χ3n) is 3.15. The Hall–Kier alpha value is -1.89. The average molecular weight is 266 g/mol. The molecule has 2 atom stereocenters. The van der Waals surface area contributed by atoms with E-state index in [1.165, 1.54) is 11.3 Å². The van der Waals surface area contributed by atoms with Crippen LogP contribution in [0.3, 0.4) is 0 Å². The topological polar surface area (TPSA) is 81.8 Å². The zero-order chi connectivity index (χ0) is 14.0. The van der Waals surface area contributed by atoms with Crippen molar-refractivity contribution in [2.75, 3.05) is 13.2 Å². The van der Waals surface area contributed by atoms with Crippen molar-refractivity contribution in [3.05, 3.63) is 11.3 Å². The maximum Gasteiger partial charge on any atom is 0.327 e. The minimum Gasteiger partial charge on any atom is -0.870 e. The van der Waals surface area contributed by atoms with E-state index in [1.807, 2.05) is 13.8 Å². The normalized spacial score (nSPS) is 25.4. The van der Waals surface area contributed by atoms with Crippen LogP contribution in [0, 0.1) is 0 Å². The highest BCUT2D eigenvalue weighted by atomic mass is 16.5. The molecule has 19 heavy (non-hydrogen) atoms. The van der Waals surface area contributed by atoms with Gasteiger partial charge in [0.25, 0.3) is 0 Å². The summed E-state index contributed by atoms with van der Waals surface area (Å²) in [5.74, 6) is -0.412. The van der Waals surface area contributed by atoms with Crippen molar-refractivity contribution in [1.29, 1.82) is 0 Å². The third kappa shape index (κ3) is 2.46. The third-order valence-corrected chi connectivity index (χ3v) is 3.15. The fourth-order valence-corrected chi connectivity index (χ4v) is 2.29. The molecule has 2 unspecified atom stereocenters. The van der Waals surface area contributed by atoms with Crippen LogP contribution < -0.4 is 10.1 Å². The van der Waals surface area contributed by atoms with Crippen LogP contribution in [-0.4, -0.2) is 42.3 Å². The Morgan fingerprint density at radius 2 is 2.32 bits per heavy atom. The SMILES string of the molecule is CCOC(=O)CN1N=C[NH+]2N=C(C)C(CC)=C([O-])C12. The Labute approximate surface area is 111 Å². The summed E-state index contributed by atoms with van der Waals surface area (Å²) in [4.78, 5) is 11.5. The zero-order valence-corrected chi connectivity index (χ0v) is 11.3. The van der Waals surface area contributed by atoms with E-state index in [-0.39, 0.29) is 12.3 Å². The zero-order valence-electron chi connectivity index (χ0n) is 11.3. The molecule has 0 fully saturated rings. The van der Waals surface area contributed by atoms with Gasteiger partial charge in [-0.25, -0.2) is 5.01 Å². The summed E-state index contributed by atoms with van der Waals surface area (Å²) in [7, 11) is 0. The van der Waals surface area contributed by atoms with Crippen LogP contribution in [0.1, 0.15) is 27.2 Å². The molecule has 0 amide bonds. The summed E-state index contributed by atoms with van der Waals surface area (Å²) in [5, 5.41) is 22.9. The van der Waals surface area contributed by atoms with Gasteiger partial charge in [-0.2, -0.15) is 0 Å². The number of hydrazone groups is 1. The molecule has 0 saturated heterocycles. The molecule has 2 aliphatic heterocycles. The van der Waals surface area contributed by atoms with E-state index in [0.29, 0.717) is 23.6 Å². The second-order valence-electron chi connectivity index (χ2n) is 4.37. The number of esters is 1. The highest BCUT2D eigenvalue weighted by molar-refractivity contribution is 5.98. The Morgan fingerprint density at radius 1 is 1.58 bits per heavy atom. The molecule has 0 aliphatic carbocycles. The lowest BCUT2D eigenvalue weighted by Crippen LogP contribution is -3.11. The van der Waals surface area contributed by atoms with E-state index in [4.69, 9.17) is 4.74 Å². The number of quaternary nitrogens is 1. The second kappa shape index (κ2) is 5.40. The summed E-state index contributed by atoms with van der Waals surface area (Å²) in [6, 6.07) is 0.